The fourth-order valence-electron chi connectivity index (χ4n) is 2.80. The Morgan fingerprint density at radius 3 is 2.85 bits per heavy atom. The average Bonchev–Trinajstić information content (AvgIpc) is 3.17. The van der Waals surface area contributed by atoms with Crippen molar-refractivity contribution >= 4 is 45.7 Å². The Bertz CT molecular complexity index is 839. The maximum atomic E-state index is 12.9. The van der Waals surface area contributed by atoms with E-state index >= 15 is 0 Å². The zero-order valence-corrected chi connectivity index (χ0v) is 15.9. The monoisotopic (exact) mass is 387 g/mol. The Kier molecular flexibility index (Phi) is 5.70. The van der Waals surface area contributed by atoms with Gasteiger partial charge in [0.25, 0.3) is 0 Å². The van der Waals surface area contributed by atoms with Crippen molar-refractivity contribution in [2.45, 2.75) is 26.3 Å². The number of aromatic nitrogens is 1. The van der Waals surface area contributed by atoms with Crippen molar-refractivity contribution < 1.29 is 14.4 Å². The highest BCUT2D eigenvalue weighted by atomic mass is 32.1. The lowest BCUT2D eigenvalue weighted by Gasteiger charge is -2.31. The van der Waals surface area contributed by atoms with Gasteiger partial charge >= 0.3 is 6.03 Å². The van der Waals surface area contributed by atoms with Crippen LogP contribution in [-0.4, -0.2) is 35.4 Å². The fraction of sp³-hybridized carbons (Fsp3) is 0.333. The molecule has 0 saturated carbocycles. The molecule has 0 unspecified atom stereocenters. The largest absolute Gasteiger partial charge is 0.326 e. The summed E-state index contributed by atoms with van der Waals surface area (Å²) >= 11 is 1.31. The normalized spacial score (nSPS) is 15.3. The van der Waals surface area contributed by atoms with Gasteiger partial charge in [0.1, 0.15) is 12.6 Å². The number of hydrogen-bond donors (Lipinski definition) is 3. The molecule has 2 atom stereocenters. The first-order valence-corrected chi connectivity index (χ1v) is 9.54. The smallest absolute Gasteiger partial charge is 0.323 e. The molecule has 1 aromatic carbocycles. The van der Waals surface area contributed by atoms with Gasteiger partial charge in [-0.15, -0.1) is 11.3 Å². The first kappa shape index (κ1) is 18.8. The number of nitrogens with zero attached hydrogens (tertiary/aromatic N) is 2. The molecule has 27 heavy (non-hydrogen) atoms. The topological polar surface area (TPSA) is 103 Å². The van der Waals surface area contributed by atoms with E-state index in [1.165, 1.54) is 16.2 Å². The minimum Gasteiger partial charge on any atom is -0.326 e. The number of rotatable bonds is 5. The van der Waals surface area contributed by atoms with Gasteiger partial charge in [-0.3, -0.25) is 14.5 Å². The van der Waals surface area contributed by atoms with Crippen LogP contribution in [-0.2, 0) is 9.59 Å². The molecule has 1 aliphatic rings. The summed E-state index contributed by atoms with van der Waals surface area (Å²) < 4.78 is 0. The number of benzene rings is 1. The van der Waals surface area contributed by atoms with Crippen LogP contribution in [0.15, 0.2) is 35.8 Å². The van der Waals surface area contributed by atoms with Crippen molar-refractivity contribution in [2.24, 2.45) is 5.92 Å². The van der Waals surface area contributed by atoms with E-state index in [-0.39, 0.29) is 24.3 Å². The summed E-state index contributed by atoms with van der Waals surface area (Å²) in [7, 11) is 0. The second kappa shape index (κ2) is 8.17. The predicted molar refractivity (Wildman–Crippen MR) is 105 cm³/mol. The van der Waals surface area contributed by atoms with Gasteiger partial charge in [0.2, 0.25) is 11.8 Å². The number of thiazole rings is 1. The standard InChI is InChI=1S/C18H21N5O3S/c1-3-11(2)15(16(25)22-17-19-8-9-27-17)21-18(26)23-10-14(24)20-12-6-4-5-7-13(12)23/h4-9,11,15H,3,10H2,1-2H3,(H,20,24)(H,21,26)(H,19,22,25)/t11-,15+/m0/s1. The Morgan fingerprint density at radius 1 is 1.37 bits per heavy atom. The van der Waals surface area contributed by atoms with Crippen LogP contribution in [0.2, 0.25) is 0 Å². The quantitative estimate of drug-likeness (QED) is 0.734. The van der Waals surface area contributed by atoms with E-state index in [1.807, 2.05) is 13.8 Å². The minimum atomic E-state index is -0.747. The van der Waals surface area contributed by atoms with Gasteiger partial charge < -0.3 is 16.0 Å². The minimum absolute atomic E-state index is 0.0947. The van der Waals surface area contributed by atoms with Crippen LogP contribution >= 0.6 is 11.3 Å². The molecule has 3 N–H and O–H groups in total. The van der Waals surface area contributed by atoms with Crippen LogP contribution in [0.5, 0.6) is 0 Å². The van der Waals surface area contributed by atoms with E-state index in [1.54, 1.807) is 35.8 Å². The average molecular weight is 387 g/mol. The molecule has 8 nitrogen and oxygen atoms in total. The Labute approximate surface area is 161 Å². The molecule has 0 radical (unpaired) electrons. The molecule has 3 rings (SSSR count). The van der Waals surface area contributed by atoms with Gasteiger partial charge in [0.05, 0.1) is 11.4 Å². The van der Waals surface area contributed by atoms with Crippen LogP contribution in [0, 0.1) is 5.92 Å². The summed E-state index contributed by atoms with van der Waals surface area (Å²) in [6.45, 7) is 3.73. The molecule has 1 aromatic heterocycles. The van der Waals surface area contributed by atoms with Crippen LogP contribution in [0.4, 0.5) is 21.3 Å². The lowest BCUT2D eigenvalue weighted by molar-refractivity contribution is -0.119. The lowest BCUT2D eigenvalue weighted by atomic mass is 9.98. The number of fused-ring (bicyclic) bond motifs is 1. The molecule has 0 aliphatic carbocycles. The molecule has 9 heteroatoms. The zero-order valence-electron chi connectivity index (χ0n) is 15.1. The van der Waals surface area contributed by atoms with Crippen molar-refractivity contribution in [1.82, 2.24) is 10.3 Å². The molecule has 2 heterocycles. The molecule has 1 aliphatic heterocycles. The summed E-state index contributed by atoms with van der Waals surface area (Å²) in [5, 5.41) is 10.5. The maximum absolute atomic E-state index is 12.9. The number of amides is 4. The van der Waals surface area contributed by atoms with Crippen LogP contribution < -0.4 is 20.9 Å². The number of carbonyl (C=O) groups is 3. The molecule has 2 aromatic rings. The van der Waals surface area contributed by atoms with Gasteiger partial charge in [-0.25, -0.2) is 9.78 Å². The highest BCUT2D eigenvalue weighted by Crippen LogP contribution is 2.29. The third-order valence-electron chi connectivity index (χ3n) is 4.45. The van der Waals surface area contributed by atoms with Gasteiger partial charge in [-0.05, 0) is 18.1 Å². The van der Waals surface area contributed by atoms with E-state index in [4.69, 9.17) is 0 Å². The van der Waals surface area contributed by atoms with Crippen LogP contribution in [0.3, 0.4) is 0 Å². The van der Waals surface area contributed by atoms with E-state index in [0.717, 1.165) is 0 Å². The second-order valence-electron chi connectivity index (χ2n) is 6.29. The molecule has 0 bridgehead atoms. The third kappa shape index (κ3) is 4.25. The summed E-state index contributed by atoms with van der Waals surface area (Å²) in [4.78, 5) is 42.9. The molecular weight excluding hydrogens is 366 g/mol. The molecule has 0 saturated heterocycles. The van der Waals surface area contributed by atoms with Crippen molar-refractivity contribution in [2.75, 3.05) is 22.1 Å². The van der Waals surface area contributed by atoms with Crippen LogP contribution in [0.25, 0.3) is 0 Å². The fourth-order valence-corrected chi connectivity index (χ4v) is 3.33. The molecule has 0 spiro atoms. The van der Waals surface area contributed by atoms with Crippen LogP contribution in [0.1, 0.15) is 20.3 Å². The van der Waals surface area contributed by atoms with Crippen molar-refractivity contribution in [3.05, 3.63) is 35.8 Å². The highest BCUT2D eigenvalue weighted by Gasteiger charge is 2.32. The number of anilines is 3. The highest BCUT2D eigenvalue weighted by molar-refractivity contribution is 7.13. The molecule has 4 amide bonds. The SMILES string of the molecule is CC[C@H](C)[C@@H](NC(=O)N1CC(=O)Nc2ccccc21)C(=O)Nc1nccs1. The third-order valence-corrected chi connectivity index (χ3v) is 5.14. The molecule has 0 fully saturated rings. The van der Waals surface area contributed by atoms with Gasteiger partial charge in [-0.2, -0.15) is 0 Å². The number of para-hydroxylation sites is 2. The summed E-state index contributed by atoms with van der Waals surface area (Å²) in [5.74, 6) is -0.707. The Balaban J connectivity index is 1.78. The predicted octanol–water partition coefficient (Wildman–Crippen LogP) is 2.66. The van der Waals surface area contributed by atoms with E-state index < -0.39 is 12.1 Å². The zero-order chi connectivity index (χ0) is 19.4. The first-order valence-electron chi connectivity index (χ1n) is 8.67. The van der Waals surface area contributed by atoms with Crippen molar-refractivity contribution in [3.63, 3.8) is 0 Å². The van der Waals surface area contributed by atoms with Gasteiger partial charge in [-0.1, -0.05) is 32.4 Å². The Hall–Kier alpha value is -2.94. The molecule has 142 valence electrons. The number of hydrogen-bond acceptors (Lipinski definition) is 5. The van der Waals surface area contributed by atoms with Gasteiger partial charge in [0, 0.05) is 11.6 Å². The maximum Gasteiger partial charge on any atom is 0.323 e. The molecular formula is C18H21N5O3S. The van der Waals surface area contributed by atoms with E-state index in [9.17, 15) is 14.4 Å². The number of carbonyl (C=O) groups excluding carboxylic acids is 3. The van der Waals surface area contributed by atoms with E-state index in [0.29, 0.717) is 22.9 Å². The summed E-state index contributed by atoms with van der Waals surface area (Å²) in [6.07, 6.45) is 2.30. The number of nitrogens with one attached hydrogen (secondary N) is 3. The lowest BCUT2D eigenvalue weighted by Crippen LogP contribution is -2.54. The Morgan fingerprint density at radius 2 is 2.15 bits per heavy atom. The second-order valence-corrected chi connectivity index (χ2v) is 7.19. The first-order chi connectivity index (χ1) is 13.0. The van der Waals surface area contributed by atoms with Crippen molar-refractivity contribution in [1.29, 1.82) is 0 Å². The van der Waals surface area contributed by atoms with E-state index in [2.05, 4.69) is 20.9 Å². The van der Waals surface area contributed by atoms with Gasteiger partial charge in [0.15, 0.2) is 5.13 Å². The summed E-state index contributed by atoms with van der Waals surface area (Å²) in [6, 6.07) is 5.82. The number of urea groups is 1. The van der Waals surface area contributed by atoms with Crippen molar-refractivity contribution in [3.8, 4) is 0 Å². The summed E-state index contributed by atoms with van der Waals surface area (Å²) in [5.41, 5.74) is 1.16.